The van der Waals surface area contributed by atoms with Crippen molar-refractivity contribution in [2.45, 2.75) is 32.7 Å². The number of rotatable bonds is 7. The number of anilines is 1. The molecule has 3 aromatic rings. The number of nitrogens with zero attached hydrogens (tertiary/aromatic N) is 5. The van der Waals surface area contributed by atoms with Crippen molar-refractivity contribution in [1.29, 1.82) is 5.26 Å². The van der Waals surface area contributed by atoms with Crippen LogP contribution in [0.5, 0.6) is 0 Å². The zero-order chi connectivity index (χ0) is 22.8. The van der Waals surface area contributed by atoms with Crippen LogP contribution in [0.25, 0.3) is 11.4 Å². The van der Waals surface area contributed by atoms with E-state index in [9.17, 15) is 0 Å². The van der Waals surface area contributed by atoms with Gasteiger partial charge >= 0.3 is 0 Å². The fourth-order valence-electron chi connectivity index (χ4n) is 4.19. The Kier molecular flexibility index (Phi) is 5.69. The topological polar surface area (TPSA) is 110 Å². The van der Waals surface area contributed by atoms with E-state index in [1.807, 2.05) is 17.2 Å². The van der Waals surface area contributed by atoms with Crippen molar-refractivity contribution in [2.75, 3.05) is 12.3 Å². The summed E-state index contributed by atoms with van der Waals surface area (Å²) in [5.74, 6) is 1.08. The molecule has 162 valence electrons. The zero-order valence-corrected chi connectivity index (χ0v) is 18.3. The summed E-state index contributed by atoms with van der Waals surface area (Å²) in [5, 5.41) is 13.4. The minimum absolute atomic E-state index is 0.345. The Morgan fingerprint density at radius 1 is 1.31 bits per heavy atom. The summed E-state index contributed by atoms with van der Waals surface area (Å²) in [4.78, 5) is 6.31. The summed E-state index contributed by atoms with van der Waals surface area (Å²) in [6.45, 7) is 11.7. The quantitative estimate of drug-likeness (QED) is 0.600. The number of nitriles is 1. The van der Waals surface area contributed by atoms with Crippen molar-refractivity contribution in [2.24, 2.45) is 5.73 Å². The lowest BCUT2D eigenvalue weighted by atomic mass is 9.96. The monoisotopic (exact) mass is 425 g/mol. The van der Waals surface area contributed by atoms with Gasteiger partial charge in [0, 0.05) is 37.1 Å². The van der Waals surface area contributed by atoms with Gasteiger partial charge in [-0.2, -0.15) is 10.4 Å². The van der Waals surface area contributed by atoms with Gasteiger partial charge in [-0.05, 0) is 54.0 Å². The molecular formula is C25H27N7. The molecule has 0 radical (unpaired) electrons. The first-order chi connectivity index (χ1) is 15.4. The first-order valence-corrected chi connectivity index (χ1v) is 10.6. The van der Waals surface area contributed by atoms with E-state index < -0.39 is 0 Å². The normalized spacial score (nSPS) is 12.4. The Morgan fingerprint density at radius 3 is 2.84 bits per heavy atom. The highest BCUT2D eigenvalue weighted by molar-refractivity contribution is 5.72. The highest BCUT2D eigenvalue weighted by Gasteiger charge is 2.18. The maximum atomic E-state index is 9.02. The van der Waals surface area contributed by atoms with Crippen molar-refractivity contribution in [3.05, 3.63) is 89.1 Å². The van der Waals surface area contributed by atoms with Crippen LogP contribution in [0.1, 0.15) is 39.8 Å². The van der Waals surface area contributed by atoms with E-state index in [4.69, 9.17) is 16.7 Å². The number of nitrogens with two attached hydrogens (primary N) is 2. The lowest BCUT2D eigenvalue weighted by molar-refractivity contribution is 0.338. The number of benzene rings is 1. The van der Waals surface area contributed by atoms with Gasteiger partial charge in [-0.1, -0.05) is 25.3 Å². The number of nitrogen functional groups attached to an aromatic ring is 1. The first-order valence-electron chi connectivity index (χ1n) is 10.6. The van der Waals surface area contributed by atoms with Gasteiger partial charge in [0.25, 0.3) is 0 Å². The number of hydrogen-bond acceptors (Lipinski definition) is 6. The molecule has 7 nitrogen and oxygen atoms in total. The molecule has 1 aromatic carbocycles. The molecule has 1 aliphatic rings. The van der Waals surface area contributed by atoms with Gasteiger partial charge in [-0.25, -0.2) is 9.67 Å². The molecule has 0 saturated heterocycles. The molecule has 0 atom stereocenters. The Hall–Kier alpha value is -4.05. The summed E-state index contributed by atoms with van der Waals surface area (Å²) in [6, 6.07) is 8.07. The van der Waals surface area contributed by atoms with Gasteiger partial charge in [0.1, 0.15) is 6.07 Å². The van der Waals surface area contributed by atoms with Crippen molar-refractivity contribution in [3.8, 4) is 11.9 Å². The van der Waals surface area contributed by atoms with Gasteiger partial charge < -0.3 is 16.4 Å². The lowest BCUT2D eigenvalue weighted by Crippen LogP contribution is -2.28. The van der Waals surface area contributed by atoms with Crippen LogP contribution < -0.4 is 11.5 Å². The molecule has 0 unspecified atom stereocenters. The maximum Gasteiger partial charge on any atom is 0.155 e. The SMILES string of the molecule is C=C1CCc2c1ccc(CCN(Cc1cnn(-c3cc(N)c(C#N)cn3)c1)C(=C)N)c2C. The molecule has 2 heterocycles. The maximum absolute atomic E-state index is 9.02. The summed E-state index contributed by atoms with van der Waals surface area (Å²) >= 11 is 0. The predicted molar refractivity (Wildman–Crippen MR) is 126 cm³/mol. The summed E-state index contributed by atoms with van der Waals surface area (Å²) < 4.78 is 1.64. The van der Waals surface area contributed by atoms with Crippen LogP contribution in [0, 0.1) is 18.3 Å². The summed E-state index contributed by atoms with van der Waals surface area (Å²) in [6.07, 6.45) is 8.12. The van der Waals surface area contributed by atoms with E-state index in [0.717, 1.165) is 31.4 Å². The van der Waals surface area contributed by atoms with Crippen molar-refractivity contribution in [3.63, 3.8) is 0 Å². The molecule has 4 rings (SSSR count). The molecule has 2 aromatic heterocycles. The molecule has 32 heavy (non-hydrogen) atoms. The smallest absolute Gasteiger partial charge is 0.155 e. The number of aromatic nitrogens is 3. The molecule has 0 fully saturated rings. The van der Waals surface area contributed by atoms with Crippen molar-refractivity contribution >= 4 is 11.3 Å². The zero-order valence-electron chi connectivity index (χ0n) is 18.3. The van der Waals surface area contributed by atoms with E-state index in [2.05, 4.69) is 42.3 Å². The molecule has 1 aliphatic carbocycles. The minimum Gasteiger partial charge on any atom is -0.398 e. The Morgan fingerprint density at radius 2 is 2.12 bits per heavy atom. The Bertz CT molecular complexity index is 1250. The highest BCUT2D eigenvalue weighted by Crippen LogP contribution is 2.34. The van der Waals surface area contributed by atoms with Crippen LogP contribution in [0.4, 0.5) is 5.69 Å². The van der Waals surface area contributed by atoms with E-state index in [1.165, 1.54) is 34.0 Å². The van der Waals surface area contributed by atoms with Crippen LogP contribution in [0.15, 0.2) is 55.8 Å². The summed E-state index contributed by atoms with van der Waals surface area (Å²) in [5.41, 5.74) is 20.4. The van der Waals surface area contributed by atoms with Gasteiger partial charge in [0.2, 0.25) is 0 Å². The van der Waals surface area contributed by atoms with Crippen LogP contribution >= 0.6 is 0 Å². The second kappa shape index (κ2) is 8.60. The van der Waals surface area contributed by atoms with Gasteiger partial charge in [-0.3, -0.25) is 0 Å². The molecule has 4 N–H and O–H groups in total. The number of pyridine rings is 1. The molecule has 0 saturated carbocycles. The second-order valence-electron chi connectivity index (χ2n) is 8.18. The Labute approximate surface area is 188 Å². The van der Waals surface area contributed by atoms with E-state index in [-0.39, 0.29) is 0 Å². The second-order valence-corrected chi connectivity index (χ2v) is 8.18. The highest BCUT2D eigenvalue weighted by atomic mass is 15.3. The van der Waals surface area contributed by atoms with Crippen LogP contribution in [0.3, 0.4) is 0 Å². The average Bonchev–Trinajstić information content (AvgIpc) is 3.39. The Balaban J connectivity index is 1.46. The molecule has 0 spiro atoms. The third kappa shape index (κ3) is 4.08. The predicted octanol–water partition coefficient (Wildman–Crippen LogP) is 3.46. The molecule has 0 aliphatic heterocycles. The number of fused-ring (bicyclic) bond motifs is 1. The molecule has 0 bridgehead atoms. The van der Waals surface area contributed by atoms with E-state index in [1.54, 1.807) is 16.9 Å². The summed E-state index contributed by atoms with van der Waals surface area (Å²) in [7, 11) is 0. The number of allylic oxidation sites excluding steroid dienone is 1. The number of hydrogen-bond donors (Lipinski definition) is 2. The van der Waals surface area contributed by atoms with Crippen LogP contribution in [-0.4, -0.2) is 26.2 Å². The van der Waals surface area contributed by atoms with Crippen molar-refractivity contribution < 1.29 is 0 Å². The first kappa shape index (κ1) is 21.2. The fraction of sp³-hybridized carbons (Fsp3) is 0.240. The lowest BCUT2D eigenvalue weighted by Gasteiger charge is -2.24. The standard InChI is InChI=1S/C25H27N7/c1-16-4-6-23-17(2)20(5-7-22(16)23)8-9-31(18(3)27)14-19-12-30-32(15-19)25-10-24(28)21(11-26)13-29-25/h5,7,10,12-13,15H,1,3-4,6,8-9,14,27H2,2H3,(H2,28,29). The van der Waals surface area contributed by atoms with Crippen molar-refractivity contribution in [1.82, 2.24) is 19.7 Å². The largest absolute Gasteiger partial charge is 0.398 e. The van der Waals surface area contributed by atoms with E-state index in [0.29, 0.717) is 29.4 Å². The van der Waals surface area contributed by atoms with E-state index >= 15 is 0 Å². The van der Waals surface area contributed by atoms with Gasteiger partial charge in [0.05, 0.1) is 23.3 Å². The van der Waals surface area contributed by atoms with Gasteiger partial charge in [0.15, 0.2) is 5.82 Å². The third-order valence-corrected chi connectivity index (χ3v) is 6.11. The molecular weight excluding hydrogens is 398 g/mol. The fourth-order valence-corrected chi connectivity index (χ4v) is 4.19. The third-order valence-electron chi connectivity index (χ3n) is 6.11. The van der Waals surface area contributed by atoms with Crippen LogP contribution in [0.2, 0.25) is 0 Å². The average molecular weight is 426 g/mol. The molecule has 0 amide bonds. The minimum atomic E-state index is 0.345. The van der Waals surface area contributed by atoms with Gasteiger partial charge in [-0.15, -0.1) is 0 Å². The molecule has 7 heteroatoms. The van der Waals surface area contributed by atoms with Crippen LogP contribution in [-0.2, 0) is 19.4 Å².